The minimum Gasteiger partial charge on any atom is -0.383 e. The van der Waals surface area contributed by atoms with Gasteiger partial charge in [0.05, 0.1) is 6.61 Å². The van der Waals surface area contributed by atoms with E-state index in [-0.39, 0.29) is 5.91 Å². The molecule has 33 heavy (non-hydrogen) atoms. The van der Waals surface area contributed by atoms with Crippen molar-refractivity contribution >= 4 is 23.5 Å². The van der Waals surface area contributed by atoms with E-state index in [2.05, 4.69) is 50.9 Å². The van der Waals surface area contributed by atoms with Gasteiger partial charge in [-0.2, -0.15) is 0 Å². The minimum absolute atomic E-state index is 0.0916. The summed E-state index contributed by atoms with van der Waals surface area (Å²) in [7, 11) is 3.74. The molecule has 0 atom stereocenters. The summed E-state index contributed by atoms with van der Waals surface area (Å²) in [6, 6.07) is 24.5. The van der Waals surface area contributed by atoms with Gasteiger partial charge in [0.2, 0.25) is 0 Å². The molecule has 4 rings (SSSR count). The Labute approximate surface area is 200 Å². The van der Waals surface area contributed by atoms with Gasteiger partial charge in [-0.15, -0.1) is 0 Å². The molecule has 0 bridgehead atoms. The molecule has 3 aromatic carbocycles. The first-order valence-electron chi connectivity index (χ1n) is 11.3. The number of hydrogen-bond donors (Lipinski definition) is 1. The van der Waals surface area contributed by atoms with Crippen LogP contribution >= 0.6 is 11.9 Å². The van der Waals surface area contributed by atoms with E-state index in [1.807, 2.05) is 43.4 Å². The average Bonchev–Trinajstić information content (AvgIpc) is 2.84. The van der Waals surface area contributed by atoms with Crippen molar-refractivity contribution in [2.24, 2.45) is 0 Å². The summed E-state index contributed by atoms with van der Waals surface area (Å²) in [4.78, 5) is 16.3. The second kappa shape index (κ2) is 11.5. The van der Waals surface area contributed by atoms with Crippen LogP contribution in [0.4, 0.5) is 5.69 Å². The quantitative estimate of drug-likeness (QED) is 0.450. The first-order valence-corrected chi connectivity index (χ1v) is 12.1. The molecule has 0 saturated carbocycles. The number of anilines is 1. The number of ether oxygens (including phenoxy) is 1. The number of amides is 1. The van der Waals surface area contributed by atoms with Crippen LogP contribution in [0, 0.1) is 0 Å². The molecule has 3 aromatic rings. The third-order valence-electron chi connectivity index (χ3n) is 5.82. The number of carbonyl (C=O) groups is 1. The van der Waals surface area contributed by atoms with Crippen molar-refractivity contribution in [3.8, 4) is 0 Å². The molecule has 1 amide bonds. The number of carbonyl (C=O) groups excluding carboxylic acids is 1. The zero-order chi connectivity index (χ0) is 23.0. The number of fused-ring (bicyclic) bond motifs is 1. The van der Waals surface area contributed by atoms with Crippen molar-refractivity contribution in [1.82, 2.24) is 9.21 Å². The summed E-state index contributed by atoms with van der Waals surface area (Å²) in [6.07, 6.45) is 1.09. The second-order valence-electron chi connectivity index (χ2n) is 8.34. The highest BCUT2D eigenvalue weighted by Crippen LogP contribution is 2.23. The number of nitrogens with one attached hydrogen (secondary N) is 1. The Morgan fingerprint density at radius 1 is 1.03 bits per heavy atom. The summed E-state index contributed by atoms with van der Waals surface area (Å²) >= 11 is 1.66. The van der Waals surface area contributed by atoms with Gasteiger partial charge in [-0.25, -0.2) is 4.31 Å². The lowest BCUT2D eigenvalue weighted by Gasteiger charge is -2.28. The van der Waals surface area contributed by atoms with Crippen molar-refractivity contribution in [3.05, 3.63) is 95.1 Å². The number of nitrogens with zero attached hydrogens (tertiary/aromatic N) is 2. The molecule has 6 heteroatoms. The van der Waals surface area contributed by atoms with Crippen LogP contribution in [0.2, 0.25) is 0 Å². The zero-order valence-corrected chi connectivity index (χ0v) is 20.1. The van der Waals surface area contributed by atoms with Crippen molar-refractivity contribution < 1.29 is 9.53 Å². The van der Waals surface area contributed by atoms with Gasteiger partial charge < -0.3 is 10.1 Å². The molecule has 0 aromatic heterocycles. The molecular formula is C27H31N3O2S. The lowest BCUT2D eigenvalue weighted by Crippen LogP contribution is -2.29. The zero-order valence-electron chi connectivity index (χ0n) is 19.3. The van der Waals surface area contributed by atoms with Crippen LogP contribution in [0.3, 0.4) is 0 Å². The lowest BCUT2D eigenvalue weighted by atomic mass is 9.99. The molecule has 0 saturated heterocycles. The lowest BCUT2D eigenvalue weighted by molar-refractivity contribution is 0.102. The number of likely N-dealkylation sites (N-methyl/N-ethyl adjacent to an activating group) is 1. The van der Waals surface area contributed by atoms with Crippen LogP contribution in [-0.4, -0.2) is 49.0 Å². The smallest absolute Gasteiger partial charge is 0.255 e. The predicted molar refractivity (Wildman–Crippen MR) is 135 cm³/mol. The van der Waals surface area contributed by atoms with Gasteiger partial charge in [-0.3, -0.25) is 9.69 Å². The van der Waals surface area contributed by atoms with Gasteiger partial charge in [0.1, 0.15) is 0 Å². The summed E-state index contributed by atoms with van der Waals surface area (Å²) in [5.41, 5.74) is 5.57. The third-order valence-corrected chi connectivity index (χ3v) is 6.79. The molecule has 0 radical (unpaired) electrons. The minimum atomic E-state index is -0.0916. The number of rotatable bonds is 9. The fraction of sp³-hybridized carbons (Fsp3) is 0.296. The summed E-state index contributed by atoms with van der Waals surface area (Å²) in [5.74, 6) is -0.0916. The largest absolute Gasteiger partial charge is 0.383 e. The summed E-state index contributed by atoms with van der Waals surface area (Å²) < 4.78 is 7.23. The highest BCUT2D eigenvalue weighted by atomic mass is 32.2. The van der Waals surface area contributed by atoms with E-state index in [9.17, 15) is 4.79 Å². The Hall–Kier alpha value is -2.64. The molecule has 0 aliphatic carbocycles. The maximum Gasteiger partial charge on any atom is 0.255 e. The molecule has 1 N–H and O–H groups in total. The summed E-state index contributed by atoms with van der Waals surface area (Å²) in [6.45, 7) is 4.49. The van der Waals surface area contributed by atoms with E-state index in [1.54, 1.807) is 19.1 Å². The molecular weight excluding hydrogens is 430 g/mol. The highest BCUT2D eigenvalue weighted by Gasteiger charge is 2.16. The molecule has 0 unspecified atom stereocenters. The van der Waals surface area contributed by atoms with Crippen molar-refractivity contribution in [1.29, 1.82) is 0 Å². The van der Waals surface area contributed by atoms with E-state index in [0.29, 0.717) is 12.2 Å². The predicted octanol–water partition coefficient (Wildman–Crippen LogP) is 5.08. The Morgan fingerprint density at radius 3 is 2.48 bits per heavy atom. The topological polar surface area (TPSA) is 44.8 Å². The van der Waals surface area contributed by atoms with Crippen molar-refractivity contribution in [3.63, 3.8) is 0 Å². The highest BCUT2D eigenvalue weighted by molar-refractivity contribution is 7.97. The second-order valence-corrected chi connectivity index (χ2v) is 9.62. The number of hydrogen-bond acceptors (Lipinski definition) is 5. The van der Waals surface area contributed by atoms with E-state index < -0.39 is 0 Å². The molecule has 0 spiro atoms. The maximum atomic E-state index is 12.7. The Bertz CT molecular complexity index is 1050. The first-order chi connectivity index (χ1) is 16.1. The van der Waals surface area contributed by atoms with Gasteiger partial charge in [-0.05, 0) is 78.5 Å². The van der Waals surface area contributed by atoms with Crippen LogP contribution in [0.5, 0.6) is 0 Å². The van der Waals surface area contributed by atoms with Crippen LogP contribution in [0.15, 0.2) is 77.7 Å². The molecule has 0 fully saturated rings. The third kappa shape index (κ3) is 6.68. The summed E-state index contributed by atoms with van der Waals surface area (Å²) in [5, 5.41) is 2.99. The van der Waals surface area contributed by atoms with E-state index in [1.165, 1.54) is 16.7 Å². The standard InChI is InChI=1S/C27H31N3O2S/c1-29(17-18-32-2)33-26-13-11-25(12-14-26)28-27(31)23-9-7-21(8-10-23)19-30-16-15-22-5-3-4-6-24(22)20-30/h3-14H,15-20H2,1-2H3,(H,28,31). The first kappa shape index (κ1) is 23.5. The molecule has 1 heterocycles. The number of methoxy groups -OCH3 is 1. The molecule has 5 nitrogen and oxygen atoms in total. The Kier molecular flexibility index (Phi) is 8.18. The molecule has 172 valence electrons. The fourth-order valence-electron chi connectivity index (χ4n) is 3.96. The monoisotopic (exact) mass is 461 g/mol. The Morgan fingerprint density at radius 2 is 1.76 bits per heavy atom. The van der Waals surface area contributed by atoms with Crippen LogP contribution in [0.1, 0.15) is 27.0 Å². The van der Waals surface area contributed by atoms with E-state index in [4.69, 9.17) is 4.74 Å². The van der Waals surface area contributed by atoms with Crippen LogP contribution in [0.25, 0.3) is 0 Å². The average molecular weight is 462 g/mol. The SMILES string of the molecule is COCCN(C)Sc1ccc(NC(=O)c2ccc(CN3CCc4ccccc4C3)cc2)cc1. The number of benzene rings is 3. The van der Waals surface area contributed by atoms with Gasteiger partial charge in [-0.1, -0.05) is 36.4 Å². The van der Waals surface area contributed by atoms with Crippen molar-refractivity contribution in [2.75, 3.05) is 39.2 Å². The van der Waals surface area contributed by atoms with E-state index >= 15 is 0 Å². The van der Waals surface area contributed by atoms with Crippen molar-refractivity contribution in [2.45, 2.75) is 24.4 Å². The normalized spacial score (nSPS) is 13.7. The van der Waals surface area contributed by atoms with Gasteiger partial charge in [0.25, 0.3) is 5.91 Å². The van der Waals surface area contributed by atoms with Gasteiger partial charge in [0, 0.05) is 49.4 Å². The molecule has 1 aliphatic heterocycles. The van der Waals surface area contributed by atoms with E-state index in [0.717, 1.165) is 43.2 Å². The van der Waals surface area contributed by atoms with Gasteiger partial charge in [0.15, 0.2) is 0 Å². The van der Waals surface area contributed by atoms with Gasteiger partial charge >= 0.3 is 0 Å². The van der Waals surface area contributed by atoms with Crippen LogP contribution < -0.4 is 5.32 Å². The molecule has 1 aliphatic rings. The Balaban J connectivity index is 1.29. The van der Waals surface area contributed by atoms with Crippen LogP contribution in [-0.2, 0) is 24.2 Å². The fourth-order valence-corrected chi connectivity index (χ4v) is 4.74. The maximum absolute atomic E-state index is 12.7.